The van der Waals surface area contributed by atoms with Crippen LogP contribution in [-0.2, 0) is 14.8 Å². The first kappa shape index (κ1) is 18.8. The summed E-state index contributed by atoms with van der Waals surface area (Å²) >= 11 is 0. The molecule has 1 unspecified atom stereocenters. The second-order valence-electron chi connectivity index (χ2n) is 4.82. The highest BCUT2D eigenvalue weighted by Crippen LogP contribution is 2.28. The first-order chi connectivity index (χ1) is 10.7. The normalized spacial score (nSPS) is 12.6. The average Bonchev–Trinajstić information content (AvgIpc) is 2.50. The first-order valence-electron chi connectivity index (χ1n) is 6.94. The molecule has 0 saturated carbocycles. The van der Waals surface area contributed by atoms with Crippen LogP contribution in [-0.4, -0.2) is 37.5 Å². The Morgan fingerprint density at radius 1 is 1.43 bits per heavy atom. The van der Waals surface area contributed by atoms with Crippen molar-refractivity contribution in [1.82, 2.24) is 4.72 Å². The number of hydrogen-bond acceptors (Lipinski definition) is 6. The molecule has 1 aromatic rings. The zero-order valence-electron chi connectivity index (χ0n) is 12.8. The van der Waals surface area contributed by atoms with Gasteiger partial charge in [-0.05, 0) is 25.6 Å². The third-order valence-electron chi connectivity index (χ3n) is 3.22. The van der Waals surface area contributed by atoms with E-state index in [9.17, 15) is 28.4 Å². The molecular formula is C13H19N3O6S. The van der Waals surface area contributed by atoms with E-state index >= 15 is 0 Å². The number of rotatable bonds is 9. The van der Waals surface area contributed by atoms with Crippen molar-refractivity contribution in [3.8, 4) is 0 Å². The molecule has 0 aliphatic rings. The van der Waals surface area contributed by atoms with Crippen molar-refractivity contribution < 1.29 is 23.2 Å². The molecule has 1 atom stereocenters. The maximum Gasteiger partial charge on any atom is 0.326 e. The van der Waals surface area contributed by atoms with Gasteiger partial charge in [-0.1, -0.05) is 19.8 Å². The highest BCUT2D eigenvalue weighted by molar-refractivity contribution is 7.89. The molecule has 0 amide bonds. The Balaban J connectivity index is 3.20. The van der Waals surface area contributed by atoms with Crippen molar-refractivity contribution in [2.75, 3.05) is 12.4 Å². The van der Waals surface area contributed by atoms with Crippen LogP contribution in [0.1, 0.15) is 26.2 Å². The number of carboxylic acid groups (broad SMARTS) is 1. The van der Waals surface area contributed by atoms with Crippen LogP contribution in [0, 0.1) is 10.1 Å². The predicted octanol–water partition coefficient (Wildman–Crippen LogP) is 1.56. The summed E-state index contributed by atoms with van der Waals surface area (Å²) in [7, 11) is -2.64. The minimum Gasteiger partial charge on any atom is -0.480 e. The van der Waals surface area contributed by atoms with Gasteiger partial charge in [-0.15, -0.1) is 0 Å². The van der Waals surface area contributed by atoms with Crippen molar-refractivity contribution in [3.05, 3.63) is 28.3 Å². The summed E-state index contributed by atoms with van der Waals surface area (Å²) in [5.41, 5.74) is -0.530. The van der Waals surface area contributed by atoms with Crippen LogP contribution in [0.25, 0.3) is 0 Å². The minimum absolute atomic E-state index is 0.0337. The standard InChI is InChI=1S/C13H19N3O6S/c1-3-4-5-11(13(17)18)15-10-7-6-9(23(21,22)14-2)8-12(10)16(19)20/h6-8,11,14-15H,3-5H2,1-2H3,(H,17,18). The monoisotopic (exact) mass is 345 g/mol. The molecule has 0 aliphatic carbocycles. The molecule has 3 N–H and O–H groups in total. The number of carbonyl (C=O) groups is 1. The van der Waals surface area contributed by atoms with E-state index in [1.54, 1.807) is 0 Å². The Morgan fingerprint density at radius 2 is 2.09 bits per heavy atom. The number of unbranched alkanes of at least 4 members (excludes halogenated alkanes) is 1. The molecule has 1 aromatic carbocycles. The summed E-state index contributed by atoms with van der Waals surface area (Å²) in [5, 5.41) is 22.9. The molecular weight excluding hydrogens is 326 g/mol. The van der Waals surface area contributed by atoms with Gasteiger partial charge in [0.25, 0.3) is 5.69 Å². The molecule has 1 rings (SSSR count). The summed E-state index contributed by atoms with van der Waals surface area (Å²) in [5.74, 6) is -1.13. The third-order valence-corrected chi connectivity index (χ3v) is 4.63. The number of nitrogens with zero attached hydrogens (tertiary/aromatic N) is 1. The smallest absolute Gasteiger partial charge is 0.326 e. The fraction of sp³-hybridized carbons (Fsp3) is 0.462. The van der Waals surface area contributed by atoms with Gasteiger partial charge in [0.1, 0.15) is 11.7 Å². The molecule has 0 fully saturated rings. The molecule has 0 aromatic heterocycles. The fourth-order valence-corrected chi connectivity index (χ4v) is 2.67. The Labute approximate surface area is 133 Å². The van der Waals surface area contributed by atoms with Gasteiger partial charge in [-0.3, -0.25) is 10.1 Å². The lowest BCUT2D eigenvalue weighted by molar-refractivity contribution is -0.384. The summed E-state index contributed by atoms with van der Waals surface area (Å²) in [6, 6.07) is 2.29. The van der Waals surface area contributed by atoms with E-state index < -0.39 is 32.6 Å². The number of hydrogen-bond donors (Lipinski definition) is 3. The number of sulfonamides is 1. The molecule has 0 spiro atoms. The Kier molecular flexibility index (Phi) is 6.46. The molecule has 23 heavy (non-hydrogen) atoms. The van der Waals surface area contributed by atoms with Gasteiger partial charge >= 0.3 is 5.97 Å². The molecule has 128 valence electrons. The van der Waals surface area contributed by atoms with Crippen molar-refractivity contribution in [1.29, 1.82) is 0 Å². The number of anilines is 1. The molecule has 0 saturated heterocycles. The van der Waals surface area contributed by atoms with Crippen LogP contribution in [0.3, 0.4) is 0 Å². The minimum atomic E-state index is -3.83. The summed E-state index contributed by atoms with van der Waals surface area (Å²) in [6.45, 7) is 1.90. The molecule has 10 heteroatoms. The van der Waals surface area contributed by atoms with Crippen molar-refractivity contribution in [3.63, 3.8) is 0 Å². The van der Waals surface area contributed by atoms with Crippen molar-refractivity contribution in [2.24, 2.45) is 0 Å². The van der Waals surface area contributed by atoms with Crippen LogP contribution < -0.4 is 10.0 Å². The Bertz CT molecular complexity index is 689. The molecule has 0 bridgehead atoms. The largest absolute Gasteiger partial charge is 0.480 e. The number of aliphatic carboxylic acids is 1. The highest BCUT2D eigenvalue weighted by Gasteiger charge is 2.24. The predicted molar refractivity (Wildman–Crippen MR) is 83.9 cm³/mol. The van der Waals surface area contributed by atoms with Crippen molar-refractivity contribution >= 4 is 27.4 Å². The van der Waals surface area contributed by atoms with E-state index in [4.69, 9.17) is 0 Å². The second kappa shape index (κ2) is 7.88. The van der Waals surface area contributed by atoms with E-state index in [2.05, 4.69) is 10.0 Å². The van der Waals surface area contributed by atoms with Crippen molar-refractivity contribution in [2.45, 2.75) is 37.1 Å². The number of benzene rings is 1. The molecule has 0 radical (unpaired) electrons. The molecule has 9 nitrogen and oxygen atoms in total. The van der Waals surface area contributed by atoms with E-state index in [0.717, 1.165) is 12.5 Å². The highest BCUT2D eigenvalue weighted by atomic mass is 32.2. The van der Waals surface area contributed by atoms with E-state index in [0.29, 0.717) is 12.8 Å². The van der Waals surface area contributed by atoms with E-state index in [1.165, 1.54) is 19.2 Å². The lowest BCUT2D eigenvalue weighted by Gasteiger charge is -2.16. The van der Waals surface area contributed by atoms with Crippen LogP contribution >= 0.6 is 0 Å². The Morgan fingerprint density at radius 3 is 2.57 bits per heavy atom. The number of carboxylic acids is 1. The average molecular weight is 345 g/mol. The lowest BCUT2D eigenvalue weighted by Crippen LogP contribution is -2.29. The third kappa shape index (κ3) is 4.89. The molecule has 0 aliphatic heterocycles. The van der Waals surface area contributed by atoms with Gasteiger partial charge in [-0.2, -0.15) is 0 Å². The van der Waals surface area contributed by atoms with Crippen LogP contribution in [0.2, 0.25) is 0 Å². The van der Waals surface area contributed by atoms with Gasteiger partial charge in [0.2, 0.25) is 10.0 Å². The van der Waals surface area contributed by atoms with Gasteiger partial charge in [0, 0.05) is 6.07 Å². The zero-order valence-corrected chi connectivity index (χ0v) is 13.6. The van der Waals surface area contributed by atoms with Gasteiger partial charge < -0.3 is 10.4 Å². The van der Waals surface area contributed by atoms with Gasteiger partial charge in [0.05, 0.1) is 9.82 Å². The SMILES string of the molecule is CCCCC(Nc1ccc(S(=O)(=O)NC)cc1[N+](=O)[O-])C(=O)O. The maximum atomic E-state index is 11.7. The number of nitrogens with one attached hydrogen (secondary N) is 2. The topological polar surface area (TPSA) is 139 Å². The van der Waals surface area contributed by atoms with Gasteiger partial charge in [-0.25, -0.2) is 17.9 Å². The van der Waals surface area contributed by atoms with Crippen LogP contribution in [0.5, 0.6) is 0 Å². The summed E-state index contributed by atoms with van der Waals surface area (Å²) in [4.78, 5) is 21.4. The summed E-state index contributed by atoms with van der Waals surface area (Å²) < 4.78 is 25.5. The first-order valence-corrected chi connectivity index (χ1v) is 8.42. The maximum absolute atomic E-state index is 11.7. The number of nitro benzene ring substituents is 1. The van der Waals surface area contributed by atoms with E-state index in [1.807, 2.05) is 6.92 Å². The van der Waals surface area contributed by atoms with E-state index in [-0.39, 0.29) is 10.6 Å². The number of nitro groups is 1. The quantitative estimate of drug-likeness (QED) is 0.456. The summed E-state index contributed by atoms with van der Waals surface area (Å²) in [6.07, 6.45) is 1.73. The zero-order chi connectivity index (χ0) is 17.6. The van der Waals surface area contributed by atoms with Crippen LogP contribution in [0.15, 0.2) is 23.1 Å². The fourth-order valence-electron chi connectivity index (χ4n) is 1.92. The second-order valence-corrected chi connectivity index (χ2v) is 6.71. The Hall–Kier alpha value is -2.20. The van der Waals surface area contributed by atoms with Gasteiger partial charge in [0.15, 0.2) is 0 Å². The lowest BCUT2D eigenvalue weighted by atomic mass is 10.1. The molecule has 0 heterocycles. The van der Waals surface area contributed by atoms with Crippen LogP contribution in [0.4, 0.5) is 11.4 Å².